The highest BCUT2D eigenvalue weighted by atomic mass is 19.4. The third kappa shape index (κ3) is 6.52. The van der Waals surface area contributed by atoms with Gasteiger partial charge in [-0.3, -0.25) is 9.78 Å². The van der Waals surface area contributed by atoms with Crippen LogP contribution in [0.2, 0.25) is 0 Å². The molecule has 0 atom stereocenters. The normalized spacial score (nSPS) is 11.6. The molecular formula is C31H30F3N7O. The highest BCUT2D eigenvalue weighted by Crippen LogP contribution is 2.35. The number of rotatable bonds is 9. The van der Waals surface area contributed by atoms with E-state index in [4.69, 9.17) is 4.98 Å². The third-order valence-corrected chi connectivity index (χ3v) is 6.76. The number of halogens is 3. The van der Waals surface area contributed by atoms with Crippen molar-refractivity contribution in [1.29, 1.82) is 0 Å². The number of nitrogens with zero attached hydrogens (tertiary/aromatic N) is 4. The van der Waals surface area contributed by atoms with Crippen molar-refractivity contribution in [3.63, 3.8) is 0 Å². The summed E-state index contributed by atoms with van der Waals surface area (Å²) in [5, 5.41) is 6.95. The number of pyridine rings is 2. The molecule has 11 heteroatoms. The number of hydrogen-bond acceptors (Lipinski definition) is 6. The van der Waals surface area contributed by atoms with Crippen molar-refractivity contribution in [2.75, 3.05) is 49.8 Å². The topological polar surface area (TPSA) is 89.2 Å². The maximum Gasteiger partial charge on any atom is 0.416 e. The van der Waals surface area contributed by atoms with Gasteiger partial charge in [0.15, 0.2) is 0 Å². The number of benzene rings is 2. The summed E-state index contributed by atoms with van der Waals surface area (Å²) in [7, 11) is 5.95. The largest absolute Gasteiger partial charge is 0.416 e. The number of fused-ring (bicyclic) bond motifs is 1. The summed E-state index contributed by atoms with van der Waals surface area (Å²) < 4.78 is 39.6. The number of H-pyrrole nitrogens is 1. The molecule has 0 aliphatic heterocycles. The number of hydrogen-bond donors (Lipinski definition) is 3. The van der Waals surface area contributed by atoms with Gasteiger partial charge in [-0.1, -0.05) is 6.07 Å². The zero-order valence-corrected chi connectivity index (χ0v) is 23.3. The van der Waals surface area contributed by atoms with Crippen LogP contribution in [0.3, 0.4) is 0 Å². The van der Waals surface area contributed by atoms with Crippen LogP contribution in [-0.4, -0.2) is 60.0 Å². The van der Waals surface area contributed by atoms with Crippen LogP contribution in [0.4, 0.5) is 35.9 Å². The maximum absolute atomic E-state index is 13.2. The Morgan fingerprint density at radius 1 is 0.952 bits per heavy atom. The summed E-state index contributed by atoms with van der Waals surface area (Å²) in [5.41, 5.74) is 3.99. The van der Waals surface area contributed by atoms with Crippen molar-refractivity contribution in [3.8, 4) is 11.3 Å². The third-order valence-electron chi connectivity index (χ3n) is 6.76. The minimum atomic E-state index is -4.51. The number of carbonyl (C=O) groups excluding carboxylic acids is 1. The van der Waals surface area contributed by atoms with E-state index in [1.165, 1.54) is 12.1 Å². The van der Waals surface area contributed by atoms with Crippen molar-refractivity contribution < 1.29 is 18.0 Å². The lowest BCUT2D eigenvalue weighted by atomic mass is 10.1. The van der Waals surface area contributed by atoms with Crippen LogP contribution in [-0.2, 0) is 6.18 Å². The number of carbonyl (C=O) groups is 1. The Morgan fingerprint density at radius 2 is 1.79 bits per heavy atom. The van der Waals surface area contributed by atoms with Crippen molar-refractivity contribution in [2.45, 2.75) is 6.18 Å². The van der Waals surface area contributed by atoms with Gasteiger partial charge in [-0.25, -0.2) is 4.98 Å². The van der Waals surface area contributed by atoms with Gasteiger partial charge in [-0.05, 0) is 74.8 Å². The number of nitrogens with one attached hydrogen (secondary N) is 3. The lowest BCUT2D eigenvalue weighted by Crippen LogP contribution is -2.29. The van der Waals surface area contributed by atoms with Gasteiger partial charge in [0.25, 0.3) is 5.91 Å². The molecule has 3 heterocycles. The summed E-state index contributed by atoms with van der Waals surface area (Å²) in [6, 6.07) is 17.4. The Bertz CT molecular complexity index is 1700. The number of anilines is 4. The smallest absolute Gasteiger partial charge is 0.372 e. The van der Waals surface area contributed by atoms with E-state index in [0.717, 1.165) is 41.0 Å². The van der Waals surface area contributed by atoms with Crippen LogP contribution in [0.25, 0.3) is 22.3 Å². The van der Waals surface area contributed by atoms with Crippen molar-refractivity contribution in [3.05, 3.63) is 96.4 Å². The fourth-order valence-electron chi connectivity index (χ4n) is 4.51. The zero-order valence-electron chi connectivity index (χ0n) is 23.3. The quantitative estimate of drug-likeness (QED) is 0.183. The lowest BCUT2D eigenvalue weighted by Gasteiger charge is -2.25. The van der Waals surface area contributed by atoms with Crippen LogP contribution in [0, 0.1) is 0 Å². The monoisotopic (exact) mass is 573 g/mol. The molecule has 0 bridgehead atoms. The second-order valence-corrected chi connectivity index (χ2v) is 10.2. The Morgan fingerprint density at radius 3 is 2.52 bits per heavy atom. The van der Waals surface area contributed by atoms with E-state index in [9.17, 15) is 18.0 Å². The minimum absolute atomic E-state index is 0.0563. The molecular weight excluding hydrogens is 543 g/mol. The first-order valence-electron chi connectivity index (χ1n) is 13.2. The molecule has 0 unspecified atom stereocenters. The maximum atomic E-state index is 13.2. The van der Waals surface area contributed by atoms with Crippen LogP contribution in [0.15, 0.2) is 85.3 Å². The van der Waals surface area contributed by atoms with Crippen molar-refractivity contribution in [1.82, 2.24) is 19.9 Å². The summed E-state index contributed by atoms with van der Waals surface area (Å²) in [6.45, 7) is 1.52. The average molecular weight is 574 g/mol. The Hall–Kier alpha value is -4.90. The molecule has 0 saturated heterocycles. The molecule has 0 radical (unpaired) electrons. The first-order chi connectivity index (χ1) is 20.1. The first-order valence-corrected chi connectivity index (χ1v) is 13.2. The molecule has 1 amide bonds. The van der Waals surface area contributed by atoms with E-state index in [2.05, 4.69) is 30.4 Å². The standard InChI is InChI=1S/C31H30F3N7O/c1-40(2)14-15-41(3)28-10-9-20(30(42)37-23-8-4-7-22(17-23)31(32,33)34)16-27(28)38-26-18-25(21-6-5-12-35-19-21)39-29-24(26)11-13-36-29/h4-13,16-19H,14-15H2,1-3H3,(H,37,42)(H2,36,38,39). The molecule has 0 saturated carbocycles. The molecule has 0 aliphatic rings. The Balaban J connectivity index is 1.52. The fourth-order valence-corrected chi connectivity index (χ4v) is 4.51. The van der Waals surface area contributed by atoms with Crippen LogP contribution in [0.1, 0.15) is 15.9 Å². The second-order valence-electron chi connectivity index (χ2n) is 10.2. The molecule has 3 N–H and O–H groups in total. The van der Waals surface area contributed by atoms with Gasteiger partial charge in [0.1, 0.15) is 5.65 Å². The molecule has 0 spiro atoms. The molecule has 5 rings (SSSR count). The summed E-state index contributed by atoms with van der Waals surface area (Å²) in [5.74, 6) is -0.530. The van der Waals surface area contributed by atoms with Crippen molar-refractivity contribution >= 4 is 39.7 Å². The van der Waals surface area contributed by atoms with Gasteiger partial charge >= 0.3 is 6.18 Å². The van der Waals surface area contributed by atoms with Crippen LogP contribution >= 0.6 is 0 Å². The van der Waals surface area contributed by atoms with Crippen molar-refractivity contribution in [2.24, 2.45) is 0 Å². The predicted octanol–water partition coefficient (Wildman–Crippen LogP) is 6.64. The molecule has 0 fully saturated rings. The van der Waals surface area contributed by atoms with E-state index < -0.39 is 17.6 Å². The van der Waals surface area contributed by atoms with E-state index in [0.29, 0.717) is 23.6 Å². The first kappa shape index (κ1) is 28.6. The number of alkyl halides is 3. The molecule has 0 aliphatic carbocycles. The van der Waals surface area contributed by atoms with E-state index >= 15 is 0 Å². The van der Waals surface area contributed by atoms with Crippen LogP contribution < -0.4 is 15.5 Å². The highest BCUT2D eigenvalue weighted by Gasteiger charge is 2.30. The zero-order chi connectivity index (χ0) is 29.9. The average Bonchev–Trinajstić information content (AvgIpc) is 3.45. The Labute approximate surface area is 241 Å². The number of aromatic nitrogens is 3. The molecule has 3 aromatic heterocycles. The molecule has 216 valence electrons. The molecule has 8 nitrogen and oxygen atoms in total. The van der Waals surface area contributed by atoms with Crippen LogP contribution in [0.5, 0.6) is 0 Å². The Kier molecular flexibility index (Phi) is 8.12. The molecule has 5 aromatic rings. The van der Waals surface area contributed by atoms with E-state index in [1.807, 2.05) is 51.5 Å². The summed E-state index contributed by atoms with van der Waals surface area (Å²) in [4.78, 5) is 29.5. The SMILES string of the molecule is CN(C)CCN(C)c1ccc(C(=O)Nc2cccc(C(F)(F)F)c2)cc1Nc1cc(-c2cccnc2)nc2[nH]ccc12. The minimum Gasteiger partial charge on any atom is -0.372 e. The van der Waals surface area contributed by atoms with Gasteiger partial charge in [-0.15, -0.1) is 0 Å². The molecule has 42 heavy (non-hydrogen) atoms. The number of aromatic amines is 1. The summed E-state index contributed by atoms with van der Waals surface area (Å²) in [6.07, 6.45) is 0.722. The fraction of sp³-hybridized carbons (Fsp3) is 0.194. The number of likely N-dealkylation sites (N-methyl/N-ethyl adjacent to an activating group) is 2. The highest BCUT2D eigenvalue weighted by molar-refractivity contribution is 6.06. The van der Waals surface area contributed by atoms with Gasteiger partial charge in [0.05, 0.1) is 28.3 Å². The predicted molar refractivity (Wildman–Crippen MR) is 160 cm³/mol. The van der Waals surface area contributed by atoms with E-state index in [-0.39, 0.29) is 11.3 Å². The van der Waals surface area contributed by atoms with Gasteiger partial charge in [0, 0.05) is 60.9 Å². The molecule has 2 aromatic carbocycles. The van der Waals surface area contributed by atoms with Gasteiger partial charge in [0.2, 0.25) is 0 Å². The lowest BCUT2D eigenvalue weighted by molar-refractivity contribution is -0.137. The van der Waals surface area contributed by atoms with Gasteiger partial charge in [-0.2, -0.15) is 13.2 Å². The number of amides is 1. The van der Waals surface area contributed by atoms with Gasteiger partial charge < -0.3 is 25.4 Å². The summed E-state index contributed by atoms with van der Waals surface area (Å²) >= 11 is 0. The second kappa shape index (κ2) is 11.9. The van der Waals surface area contributed by atoms with E-state index in [1.54, 1.807) is 30.7 Å².